The van der Waals surface area contributed by atoms with E-state index in [0.717, 1.165) is 32.3 Å². The molecule has 0 aliphatic carbocycles. The molecule has 2 amide bonds. The van der Waals surface area contributed by atoms with E-state index in [0.29, 0.717) is 22.8 Å². The van der Waals surface area contributed by atoms with Crippen molar-refractivity contribution in [2.75, 3.05) is 0 Å². The molecule has 4 rings (SSSR count). The maximum Gasteiger partial charge on any atom is 0.293 e. The van der Waals surface area contributed by atoms with Gasteiger partial charge in [0, 0.05) is 4.47 Å². The first-order chi connectivity index (χ1) is 15.0. The Balaban J connectivity index is 1.44. The molecule has 1 aliphatic heterocycles. The molecular weight excluding hydrogens is 481 g/mol. The Morgan fingerprint density at radius 2 is 1.68 bits per heavy atom. The lowest BCUT2D eigenvalue weighted by atomic mass is 10.2. The van der Waals surface area contributed by atoms with Crippen molar-refractivity contribution in [1.82, 2.24) is 4.90 Å². The van der Waals surface area contributed by atoms with Crippen LogP contribution in [-0.4, -0.2) is 16.0 Å². The lowest BCUT2D eigenvalue weighted by Gasteiger charge is -2.12. The molecule has 0 saturated carbocycles. The monoisotopic (exact) mass is 497 g/mol. The number of amides is 2. The van der Waals surface area contributed by atoms with Gasteiger partial charge in [-0.15, -0.1) is 0 Å². The predicted octanol–water partition coefficient (Wildman–Crippen LogP) is 6.40. The number of carbonyl (C=O) groups excluding carboxylic acids is 2. The zero-order valence-corrected chi connectivity index (χ0v) is 18.7. The normalized spacial score (nSPS) is 15.0. The number of nitrogens with zero attached hydrogens (tertiary/aromatic N) is 1. The quantitative estimate of drug-likeness (QED) is 0.369. The third-order valence-corrected chi connectivity index (χ3v) is 6.04. The Bertz CT molecular complexity index is 1150. The first-order valence-electron chi connectivity index (χ1n) is 9.45. The number of hydrogen-bond acceptors (Lipinski definition) is 4. The van der Waals surface area contributed by atoms with Gasteiger partial charge in [-0.2, -0.15) is 0 Å². The number of imide groups is 1. The Morgan fingerprint density at radius 1 is 0.968 bits per heavy atom. The second-order valence-electron chi connectivity index (χ2n) is 6.88. The van der Waals surface area contributed by atoms with Gasteiger partial charge in [0.25, 0.3) is 11.1 Å². The highest BCUT2D eigenvalue weighted by molar-refractivity contribution is 9.10. The highest BCUT2D eigenvalue weighted by atomic mass is 79.9. The minimum atomic E-state index is -0.361. The molecule has 31 heavy (non-hydrogen) atoms. The summed E-state index contributed by atoms with van der Waals surface area (Å²) in [6, 6.07) is 21.0. The van der Waals surface area contributed by atoms with Crippen LogP contribution in [0, 0.1) is 5.82 Å². The molecule has 0 unspecified atom stereocenters. The Labute approximate surface area is 191 Å². The Hall–Kier alpha value is -2.90. The summed E-state index contributed by atoms with van der Waals surface area (Å²) < 4.78 is 19.9. The van der Waals surface area contributed by atoms with E-state index in [1.54, 1.807) is 18.2 Å². The largest absolute Gasteiger partial charge is 0.489 e. The van der Waals surface area contributed by atoms with E-state index in [2.05, 4.69) is 15.9 Å². The van der Waals surface area contributed by atoms with E-state index in [-0.39, 0.29) is 23.5 Å². The molecule has 0 radical (unpaired) electrons. The molecule has 156 valence electrons. The van der Waals surface area contributed by atoms with Gasteiger partial charge >= 0.3 is 0 Å². The summed E-state index contributed by atoms with van der Waals surface area (Å²) in [5.41, 5.74) is 2.49. The van der Waals surface area contributed by atoms with Gasteiger partial charge in [0.05, 0.1) is 11.4 Å². The Kier molecular flexibility index (Phi) is 6.53. The van der Waals surface area contributed by atoms with E-state index >= 15 is 0 Å². The minimum Gasteiger partial charge on any atom is -0.489 e. The van der Waals surface area contributed by atoms with Gasteiger partial charge in [0.1, 0.15) is 18.2 Å². The molecule has 1 aliphatic rings. The van der Waals surface area contributed by atoms with E-state index < -0.39 is 0 Å². The van der Waals surface area contributed by atoms with E-state index in [9.17, 15) is 14.0 Å². The number of benzene rings is 3. The summed E-state index contributed by atoms with van der Waals surface area (Å²) in [6.45, 7) is 0.531. The number of ether oxygens (including phenoxy) is 1. The first-order valence-corrected chi connectivity index (χ1v) is 11.1. The van der Waals surface area contributed by atoms with Crippen LogP contribution in [0.15, 0.2) is 82.2 Å². The average molecular weight is 498 g/mol. The molecule has 1 heterocycles. The molecular formula is C24H17BrFNO3S. The maximum atomic E-state index is 13.1. The molecule has 0 N–H and O–H groups in total. The summed E-state index contributed by atoms with van der Waals surface area (Å²) >= 11 is 4.30. The number of halogens is 2. The zero-order valence-electron chi connectivity index (χ0n) is 16.3. The van der Waals surface area contributed by atoms with Gasteiger partial charge in [-0.25, -0.2) is 4.39 Å². The van der Waals surface area contributed by atoms with Crippen molar-refractivity contribution in [3.05, 3.63) is 105 Å². The standard InChI is InChI=1S/C24H17BrFNO3S/c25-19-8-4-17(5-9-19)15-30-21-3-1-2-18(12-21)13-22-23(28)27(24(29)31-22)14-16-6-10-20(26)11-7-16/h1-13H,14-15H2/b22-13-. The molecule has 3 aromatic rings. The summed E-state index contributed by atoms with van der Waals surface area (Å²) in [5.74, 6) is -0.0530. The highest BCUT2D eigenvalue weighted by Crippen LogP contribution is 2.33. The minimum absolute atomic E-state index is 0.110. The number of hydrogen-bond donors (Lipinski definition) is 0. The Morgan fingerprint density at radius 3 is 2.42 bits per heavy atom. The number of carbonyl (C=O) groups is 2. The highest BCUT2D eigenvalue weighted by Gasteiger charge is 2.34. The second kappa shape index (κ2) is 9.49. The topological polar surface area (TPSA) is 46.6 Å². The average Bonchev–Trinajstić information content (AvgIpc) is 3.02. The van der Waals surface area contributed by atoms with Crippen LogP contribution >= 0.6 is 27.7 Å². The van der Waals surface area contributed by atoms with Crippen molar-refractivity contribution in [2.24, 2.45) is 0 Å². The predicted molar refractivity (Wildman–Crippen MR) is 123 cm³/mol. The summed E-state index contributed by atoms with van der Waals surface area (Å²) in [6.07, 6.45) is 1.68. The van der Waals surface area contributed by atoms with E-state index in [1.165, 1.54) is 12.1 Å². The third kappa shape index (κ3) is 5.42. The molecule has 0 atom stereocenters. The van der Waals surface area contributed by atoms with Crippen LogP contribution in [0.3, 0.4) is 0 Å². The number of rotatable bonds is 6. The van der Waals surface area contributed by atoms with Crippen LogP contribution in [0.25, 0.3) is 6.08 Å². The van der Waals surface area contributed by atoms with Crippen LogP contribution in [0.5, 0.6) is 5.75 Å². The third-order valence-electron chi connectivity index (χ3n) is 4.60. The lowest BCUT2D eigenvalue weighted by Crippen LogP contribution is -2.27. The summed E-state index contributed by atoms with van der Waals surface area (Å²) in [7, 11) is 0. The van der Waals surface area contributed by atoms with Gasteiger partial charge in [0.15, 0.2) is 0 Å². The van der Waals surface area contributed by atoms with Crippen molar-refractivity contribution < 1.29 is 18.7 Å². The van der Waals surface area contributed by atoms with Crippen molar-refractivity contribution in [1.29, 1.82) is 0 Å². The molecule has 3 aromatic carbocycles. The van der Waals surface area contributed by atoms with Crippen LogP contribution in [0.2, 0.25) is 0 Å². The zero-order chi connectivity index (χ0) is 21.8. The van der Waals surface area contributed by atoms with Crippen molar-refractivity contribution >= 4 is 44.9 Å². The fourth-order valence-electron chi connectivity index (χ4n) is 3.00. The van der Waals surface area contributed by atoms with E-state index in [1.807, 2.05) is 48.5 Å². The molecule has 4 nitrogen and oxygen atoms in total. The molecule has 1 fully saturated rings. The second-order valence-corrected chi connectivity index (χ2v) is 8.79. The smallest absolute Gasteiger partial charge is 0.293 e. The molecule has 0 bridgehead atoms. The van der Waals surface area contributed by atoms with Gasteiger partial charge in [-0.05, 0) is 70.9 Å². The van der Waals surface area contributed by atoms with Crippen LogP contribution < -0.4 is 4.74 Å². The summed E-state index contributed by atoms with van der Waals surface area (Å²) in [5, 5.41) is -0.344. The van der Waals surface area contributed by atoms with Crippen LogP contribution in [0.1, 0.15) is 16.7 Å². The SMILES string of the molecule is O=C1S/C(=C\c2cccc(OCc3ccc(Br)cc3)c2)C(=O)N1Cc1ccc(F)cc1. The van der Waals surface area contributed by atoms with Crippen molar-refractivity contribution in [2.45, 2.75) is 13.2 Å². The van der Waals surface area contributed by atoms with Gasteiger partial charge in [0.2, 0.25) is 0 Å². The fraction of sp³-hybridized carbons (Fsp3) is 0.0833. The maximum absolute atomic E-state index is 13.1. The van der Waals surface area contributed by atoms with Crippen molar-refractivity contribution in [3.63, 3.8) is 0 Å². The van der Waals surface area contributed by atoms with Gasteiger partial charge in [-0.3, -0.25) is 14.5 Å². The molecule has 0 aromatic heterocycles. The van der Waals surface area contributed by atoms with Gasteiger partial charge < -0.3 is 4.74 Å². The molecule has 7 heteroatoms. The van der Waals surface area contributed by atoms with Crippen molar-refractivity contribution in [3.8, 4) is 5.75 Å². The van der Waals surface area contributed by atoms with Crippen LogP contribution in [0.4, 0.5) is 9.18 Å². The first kappa shape index (κ1) is 21.3. The number of thioether (sulfide) groups is 1. The summed E-state index contributed by atoms with van der Waals surface area (Å²) in [4.78, 5) is 26.6. The lowest BCUT2D eigenvalue weighted by molar-refractivity contribution is -0.123. The fourth-order valence-corrected chi connectivity index (χ4v) is 4.10. The molecule has 0 spiro atoms. The van der Waals surface area contributed by atoms with Gasteiger partial charge in [-0.1, -0.05) is 52.3 Å². The van der Waals surface area contributed by atoms with E-state index in [4.69, 9.17) is 4.74 Å². The van der Waals surface area contributed by atoms with Crippen LogP contribution in [-0.2, 0) is 17.9 Å². The molecule has 1 saturated heterocycles.